The van der Waals surface area contributed by atoms with Gasteiger partial charge in [-0.1, -0.05) is 81.4 Å². The Morgan fingerprint density at radius 3 is 2.28 bits per heavy atom. The van der Waals surface area contributed by atoms with E-state index in [1.807, 2.05) is 36.4 Å². The third kappa shape index (κ3) is 4.69. The van der Waals surface area contributed by atoms with Gasteiger partial charge in [0.2, 0.25) is 5.95 Å². The van der Waals surface area contributed by atoms with E-state index in [1.165, 1.54) is 10.9 Å². The molecule has 5 rings (SSSR count). The molecule has 2 aromatic carbocycles. The number of nitrogen functional groups attached to an aromatic ring is 1. The number of aliphatic hydroxyl groups is 1. The van der Waals surface area contributed by atoms with Crippen LogP contribution in [0.5, 0.6) is 0 Å². The molecule has 11 heteroatoms. The van der Waals surface area contributed by atoms with Crippen molar-refractivity contribution in [3.63, 3.8) is 0 Å². The summed E-state index contributed by atoms with van der Waals surface area (Å²) in [6.07, 6.45) is -0.390. The third-order valence-electron chi connectivity index (χ3n) is 7.42. The zero-order valence-electron chi connectivity index (χ0n) is 22.6. The molecule has 1 saturated heterocycles. The van der Waals surface area contributed by atoms with Crippen LogP contribution in [-0.4, -0.2) is 65.0 Å². The summed E-state index contributed by atoms with van der Waals surface area (Å²) in [4.78, 5) is 12.8. The Morgan fingerprint density at radius 2 is 1.74 bits per heavy atom. The first-order valence-corrected chi connectivity index (χ1v) is 14.9. The van der Waals surface area contributed by atoms with Crippen LogP contribution in [0, 0.1) is 0 Å². The minimum atomic E-state index is -2.85. The lowest BCUT2D eigenvalue weighted by molar-refractivity contribution is -0.0751. The average Bonchev–Trinajstić information content (AvgIpc) is 3.49. The molecule has 1 fully saturated rings. The fourth-order valence-corrected chi connectivity index (χ4v) is 10.2. The lowest BCUT2D eigenvalue weighted by Gasteiger charge is -2.43. The zero-order chi connectivity index (χ0) is 27.8. The minimum absolute atomic E-state index is 0.0200. The van der Waals surface area contributed by atoms with Crippen molar-refractivity contribution in [2.24, 2.45) is 0 Å². The summed E-state index contributed by atoms with van der Waals surface area (Å²) in [6, 6.07) is 20.5. The molecule has 3 heterocycles. The Kier molecular flexibility index (Phi) is 7.18. The van der Waals surface area contributed by atoms with E-state index in [9.17, 15) is 5.11 Å². The minimum Gasteiger partial charge on any atom is -0.405 e. The number of aromatic nitrogens is 4. The van der Waals surface area contributed by atoms with E-state index in [0.717, 1.165) is 10.4 Å². The van der Waals surface area contributed by atoms with Crippen molar-refractivity contribution in [3.8, 4) is 0 Å². The molecular weight excluding hydrogens is 515 g/mol. The summed E-state index contributed by atoms with van der Waals surface area (Å²) in [5, 5.41) is 15.1. The van der Waals surface area contributed by atoms with Gasteiger partial charge in [0.15, 0.2) is 28.9 Å². The van der Waals surface area contributed by atoms with E-state index in [-0.39, 0.29) is 24.0 Å². The van der Waals surface area contributed by atoms with Crippen LogP contribution in [0.15, 0.2) is 67.0 Å². The van der Waals surface area contributed by atoms with Gasteiger partial charge in [0.05, 0.1) is 25.6 Å². The highest BCUT2D eigenvalue weighted by Crippen LogP contribution is 2.44. The highest BCUT2D eigenvalue weighted by atomic mass is 28.4. The van der Waals surface area contributed by atoms with Gasteiger partial charge in [0, 0.05) is 13.5 Å². The maximum absolute atomic E-state index is 16.3. The van der Waals surface area contributed by atoms with Crippen LogP contribution >= 0.6 is 0 Å². The molecule has 0 spiro atoms. The number of fused-ring (bicyclic) bond motifs is 1. The number of alkyl halides is 1. The Hall–Kier alpha value is -3.38. The van der Waals surface area contributed by atoms with Crippen molar-refractivity contribution in [2.75, 3.05) is 31.3 Å². The monoisotopic (exact) mass is 550 g/mol. The maximum Gasteiger partial charge on any atom is 0.261 e. The molecule has 206 valence electrons. The number of ether oxygens (including phenoxy) is 1. The Bertz CT molecular complexity index is 1390. The summed E-state index contributed by atoms with van der Waals surface area (Å²) in [6.45, 7) is 5.98. The van der Waals surface area contributed by atoms with E-state index in [2.05, 4.69) is 65.3 Å². The van der Waals surface area contributed by atoms with Gasteiger partial charge in [-0.05, 0) is 15.4 Å². The molecule has 4 N–H and O–H groups in total. The quantitative estimate of drug-likeness (QED) is 0.287. The van der Waals surface area contributed by atoms with Crippen LogP contribution in [-0.2, 0) is 9.16 Å². The van der Waals surface area contributed by atoms with Gasteiger partial charge in [0.25, 0.3) is 8.32 Å². The maximum atomic E-state index is 16.3. The zero-order valence-corrected chi connectivity index (χ0v) is 23.6. The van der Waals surface area contributed by atoms with Crippen molar-refractivity contribution in [2.45, 2.75) is 50.2 Å². The third-order valence-corrected chi connectivity index (χ3v) is 12.4. The van der Waals surface area contributed by atoms with Gasteiger partial charge in [0.1, 0.15) is 0 Å². The van der Waals surface area contributed by atoms with Crippen LogP contribution in [0.4, 0.5) is 16.2 Å². The van der Waals surface area contributed by atoms with E-state index in [1.54, 1.807) is 7.05 Å². The van der Waals surface area contributed by atoms with E-state index in [0.29, 0.717) is 17.0 Å². The summed E-state index contributed by atoms with van der Waals surface area (Å²) in [5.74, 6) is 0.445. The normalized spacial score (nSPS) is 21.9. The van der Waals surface area contributed by atoms with Crippen LogP contribution < -0.4 is 21.4 Å². The number of halogens is 1. The smallest absolute Gasteiger partial charge is 0.261 e. The molecule has 0 bridgehead atoms. The first-order valence-electron chi connectivity index (χ1n) is 13.0. The molecule has 1 aliphatic heterocycles. The van der Waals surface area contributed by atoms with Gasteiger partial charge >= 0.3 is 0 Å². The van der Waals surface area contributed by atoms with Crippen molar-refractivity contribution in [1.82, 2.24) is 19.5 Å². The second-order valence-corrected chi connectivity index (χ2v) is 15.3. The first kappa shape index (κ1) is 27.2. The topological polar surface area (TPSA) is 120 Å². The van der Waals surface area contributed by atoms with Crippen molar-refractivity contribution < 1.29 is 18.7 Å². The van der Waals surface area contributed by atoms with E-state index < -0.39 is 32.9 Å². The fourth-order valence-electron chi connectivity index (χ4n) is 5.65. The van der Waals surface area contributed by atoms with Crippen molar-refractivity contribution >= 4 is 41.6 Å². The number of hydrogen-bond acceptors (Lipinski definition) is 8. The van der Waals surface area contributed by atoms with Gasteiger partial charge in [-0.2, -0.15) is 9.97 Å². The van der Waals surface area contributed by atoms with Gasteiger partial charge in [-0.3, -0.25) is 4.57 Å². The lowest BCUT2D eigenvalue weighted by Crippen LogP contribution is -2.67. The fraction of sp³-hybridized carbons (Fsp3) is 0.393. The van der Waals surface area contributed by atoms with Crippen LogP contribution in [0.25, 0.3) is 11.2 Å². The first-order chi connectivity index (χ1) is 18.6. The van der Waals surface area contributed by atoms with Crippen molar-refractivity contribution in [1.29, 1.82) is 0 Å². The Labute approximate surface area is 228 Å². The van der Waals surface area contributed by atoms with Gasteiger partial charge < -0.3 is 25.3 Å². The number of nitrogens with one attached hydrogen (secondary N) is 1. The number of benzene rings is 2. The second-order valence-electron chi connectivity index (χ2n) is 11.0. The highest BCUT2D eigenvalue weighted by molar-refractivity contribution is 6.99. The molecular formula is C28H35FN6O3Si. The number of imidazole rings is 1. The molecule has 1 aliphatic rings. The van der Waals surface area contributed by atoms with Crippen LogP contribution in [0.2, 0.25) is 5.04 Å². The number of nitrogens with two attached hydrogens (primary N) is 1. The summed E-state index contributed by atoms with van der Waals surface area (Å²) >= 11 is 0. The molecule has 39 heavy (non-hydrogen) atoms. The molecule has 0 radical (unpaired) electrons. The number of rotatable bonds is 8. The van der Waals surface area contributed by atoms with Crippen LogP contribution in [0.1, 0.15) is 33.4 Å². The Balaban J connectivity index is 1.50. The standard InChI is InChI=1S/C28H35FN6O3Si/c1-27(2,3)39(20-11-7-5-8-12-20,21-13-9-6-10-14-21)37-16-19-15-28(29,17-36)25(38-19)35-18-32-22-23(31-4)33-26(30)34-24(22)35/h5-14,18-19,25,36H,15-17H2,1-4H3,(H3,30,31,33,34)/t19-,25-,28-/m1/s1. The summed E-state index contributed by atoms with van der Waals surface area (Å²) in [7, 11) is -1.16. The number of aliphatic hydroxyl groups excluding tert-OH is 1. The second kappa shape index (κ2) is 10.3. The van der Waals surface area contributed by atoms with Gasteiger partial charge in [-0.25, -0.2) is 9.37 Å². The highest BCUT2D eigenvalue weighted by Gasteiger charge is 2.54. The SMILES string of the molecule is CNc1nc(N)nc2c1ncn2[C@@H]1O[C@@H](CO[Si](c2ccccc2)(c2ccccc2)C(C)(C)C)C[C@@]1(F)CO. The van der Waals surface area contributed by atoms with E-state index in [4.69, 9.17) is 14.9 Å². The Morgan fingerprint density at radius 1 is 1.13 bits per heavy atom. The number of hydrogen-bond donors (Lipinski definition) is 3. The number of anilines is 2. The van der Waals surface area contributed by atoms with Crippen molar-refractivity contribution in [3.05, 3.63) is 67.0 Å². The summed E-state index contributed by atoms with van der Waals surface area (Å²) in [5.41, 5.74) is 4.58. The lowest BCUT2D eigenvalue weighted by atomic mass is 10.0. The molecule has 0 unspecified atom stereocenters. The van der Waals surface area contributed by atoms with Crippen LogP contribution in [0.3, 0.4) is 0 Å². The predicted octanol–water partition coefficient (Wildman–Crippen LogP) is 3.01. The molecule has 4 aromatic rings. The molecule has 9 nitrogen and oxygen atoms in total. The molecule has 2 aromatic heterocycles. The molecule has 0 saturated carbocycles. The summed E-state index contributed by atoms with van der Waals surface area (Å²) < 4.78 is 31.0. The predicted molar refractivity (Wildman–Crippen MR) is 152 cm³/mol. The largest absolute Gasteiger partial charge is 0.405 e. The number of nitrogens with zero attached hydrogens (tertiary/aromatic N) is 4. The molecule has 0 aliphatic carbocycles. The average molecular weight is 551 g/mol. The van der Waals surface area contributed by atoms with E-state index >= 15 is 4.39 Å². The molecule has 0 amide bonds. The van der Waals surface area contributed by atoms with Gasteiger partial charge in [-0.15, -0.1) is 0 Å². The molecule has 3 atom stereocenters.